The highest BCUT2D eigenvalue weighted by molar-refractivity contribution is 7.54. The molecule has 0 saturated heterocycles. The van der Waals surface area contributed by atoms with Crippen LogP contribution < -0.4 is 0 Å². The van der Waals surface area contributed by atoms with Crippen molar-refractivity contribution in [2.75, 3.05) is 0 Å². The monoisotopic (exact) mass is 343 g/mol. The van der Waals surface area contributed by atoms with E-state index >= 15 is 0 Å². The average Bonchev–Trinajstić information content (AvgIpc) is 2.45. The van der Waals surface area contributed by atoms with E-state index in [1.54, 1.807) is 6.92 Å². The Morgan fingerprint density at radius 2 is 1.18 bits per heavy atom. The number of hydrogen-bond acceptors (Lipinski definition) is 2. The minimum atomic E-state index is -6.00. The van der Waals surface area contributed by atoms with Gasteiger partial charge in [0.05, 0.1) is 8.15 Å². The first-order valence-electron chi connectivity index (χ1n) is 8.11. The van der Waals surface area contributed by atoms with E-state index in [0.717, 1.165) is 0 Å². The summed E-state index contributed by atoms with van der Waals surface area (Å²) in [5, 5.41) is 0. The van der Waals surface area contributed by atoms with Gasteiger partial charge in [0.25, 0.3) is 0 Å². The molecule has 2 aliphatic rings. The summed E-state index contributed by atoms with van der Waals surface area (Å²) in [4.78, 5) is 11.3. The fraction of sp³-hybridized carbons (Fsp3) is 0.929. The first-order chi connectivity index (χ1) is 10.3. The summed E-state index contributed by atoms with van der Waals surface area (Å²) >= 11 is 0. The van der Waals surface area contributed by atoms with Crippen LogP contribution in [0.15, 0.2) is 0 Å². The summed E-state index contributed by atoms with van der Waals surface area (Å²) < 4.78 is 44.8. The van der Waals surface area contributed by atoms with E-state index < -0.39 is 15.4 Å². The highest BCUT2D eigenvalue weighted by Crippen LogP contribution is 2.56. The molecule has 0 bridgehead atoms. The van der Waals surface area contributed by atoms with Crippen LogP contribution in [0.5, 0.6) is 0 Å². The third-order valence-electron chi connectivity index (χ3n) is 4.10. The van der Waals surface area contributed by atoms with Crippen LogP contribution >= 0.6 is 8.15 Å². The van der Waals surface area contributed by atoms with Crippen LogP contribution in [-0.4, -0.2) is 24.5 Å². The molecular weight excluding hydrogens is 318 g/mol. The van der Waals surface area contributed by atoms with Gasteiger partial charge in [0.15, 0.2) is 0 Å². The maximum atomic E-state index is 11.3. The Morgan fingerprint density at radius 3 is 1.45 bits per heavy atom. The molecule has 130 valence electrons. The SMILES string of the molecule is CC(=O)OP(C1CCCCC1)C1CCCCC1.F[B-](F)(F)F. The molecule has 0 spiro atoms. The highest BCUT2D eigenvalue weighted by atomic mass is 31.1. The quantitative estimate of drug-likeness (QED) is 0.362. The number of carbonyl (C=O) groups is 1. The topological polar surface area (TPSA) is 26.3 Å². The van der Waals surface area contributed by atoms with E-state index in [4.69, 9.17) is 4.52 Å². The number of rotatable bonds is 3. The van der Waals surface area contributed by atoms with Gasteiger partial charge in [0, 0.05) is 18.2 Å². The van der Waals surface area contributed by atoms with E-state index in [1.807, 2.05) is 0 Å². The zero-order valence-electron chi connectivity index (χ0n) is 13.1. The van der Waals surface area contributed by atoms with Gasteiger partial charge >= 0.3 is 13.2 Å². The van der Waals surface area contributed by atoms with Gasteiger partial charge in [0.2, 0.25) is 0 Å². The van der Waals surface area contributed by atoms with Crippen LogP contribution in [0.3, 0.4) is 0 Å². The molecule has 2 fully saturated rings. The molecule has 0 amide bonds. The Bertz CT molecular complexity index is 305. The van der Waals surface area contributed by atoms with E-state index in [9.17, 15) is 22.1 Å². The molecule has 0 aromatic carbocycles. The normalized spacial score (nSPS) is 21.2. The summed E-state index contributed by atoms with van der Waals surface area (Å²) in [6.07, 6.45) is 13.3. The molecule has 0 N–H and O–H groups in total. The van der Waals surface area contributed by atoms with Gasteiger partial charge < -0.3 is 21.8 Å². The van der Waals surface area contributed by atoms with Crippen LogP contribution in [-0.2, 0) is 9.32 Å². The molecule has 2 aliphatic carbocycles. The fourth-order valence-corrected chi connectivity index (χ4v) is 6.21. The van der Waals surface area contributed by atoms with Crippen molar-refractivity contribution in [3.8, 4) is 0 Å². The summed E-state index contributed by atoms with van der Waals surface area (Å²) in [5.74, 6) is -0.0488. The van der Waals surface area contributed by atoms with Gasteiger partial charge in [-0.3, -0.25) is 4.79 Å². The standard InChI is InChI=1S/C14H25O2P.BF4/c1-12(15)16-17(13-8-4-2-5-9-13)14-10-6-3-7-11-14;2-1(3,4)5/h13-14H,2-11H2,1H3;/q;-1. The Kier molecular flexibility index (Phi) is 8.74. The van der Waals surface area contributed by atoms with Gasteiger partial charge in [-0.25, -0.2) is 0 Å². The Morgan fingerprint density at radius 1 is 0.864 bits per heavy atom. The minimum Gasteiger partial charge on any atom is -0.445 e. The van der Waals surface area contributed by atoms with Crippen molar-refractivity contribution in [1.29, 1.82) is 0 Å². The largest absolute Gasteiger partial charge is 0.673 e. The van der Waals surface area contributed by atoms with Gasteiger partial charge in [-0.05, 0) is 25.7 Å². The van der Waals surface area contributed by atoms with Crippen LogP contribution in [0.1, 0.15) is 71.1 Å². The highest BCUT2D eigenvalue weighted by Gasteiger charge is 2.34. The van der Waals surface area contributed by atoms with E-state index in [0.29, 0.717) is 11.3 Å². The second-order valence-corrected chi connectivity index (χ2v) is 8.38. The fourth-order valence-electron chi connectivity index (χ4n) is 3.27. The molecule has 2 rings (SSSR count). The first kappa shape index (κ1) is 19.7. The second-order valence-electron chi connectivity index (χ2n) is 6.02. The molecule has 0 unspecified atom stereocenters. The molecule has 2 nitrogen and oxygen atoms in total. The van der Waals surface area contributed by atoms with Crippen LogP contribution in [0.25, 0.3) is 0 Å². The van der Waals surface area contributed by atoms with Crippen molar-refractivity contribution in [2.45, 2.75) is 82.4 Å². The predicted molar refractivity (Wildman–Crippen MR) is 82.6 cm³/mol. The van der Waals surface area contributed by atoms with Crippen molar-refractivity contribution < 1.29 is 26.6 Å². The van der Waals surface area contributed by atoms with E-state index in [-0.39, 0.29) is 5.97 Å². The zero-order chi connectivity index (χ0) is 16.6. The minimum absolute atomic E-state index is 0.0488. The predicted octanol–water partition coefficient (Wildman–Crippen LogP) is 5.91. The molecule has 0 aromatic rings. The Balaban J connectivity index is 0.000000422. The Labute approximate surface area is 131 Å². The van der Waals surface area contributed by atoms with Gasteiger partial charge in [-0.1, -0.05) is 38.5 Å². The van der Waals surface area contributed by atoms with Crippen molar-refractivity contribution in [1.82, 2.24) is 0 Å². The van der Waals surface area contributed by atoms with E-state index in [2.05, 4.69) is 0 Å². The number of halogens is 4. The molecule has 22 heavy (non-hydrogen) atoms. The lowest BCUT2D eigenvalue weighted by Crippen LogP contribution is -2.22. The third-order valence-corrected chi connectivity index (χ3v) is 7.04. The van der Waals surface area contributed by atoms with Gasteiger partial charge in [-0.2, -0.15) is 0 Å². The summed E-state index contributed by atoms with van der Waals surface area (Å²) in [5.41, 5.74) is 1.43. The molecular formula is C14H25BF4O2P-. The lowest BCUT2D eigenvalue weighted by atomic mass is 10.00. The van der Waals surface area contributed by atoms with Gasteiger partial charge in [0.1, 0.15) is 0 Å². The molecule has 8 heteroatoms. The summed E-state index contributed by atoms with van der Waals surface area (Å²) in [6, 6.07) is 0. The van der Waals surface area contributed by atoms with Gasteiger partial charge in [-0.15, -0.1) is 0 Å². The summed E-state index contributed by atoms with van der Waals surface area (Å²) in [7, 11) is -6.49. The number of hydrogen-bond donors (Lipinski definition) is 0. The molecule has 0 aliphatic heterocycles. The average molecular weight is 343 g/mol. The van der Waals surface area contributed by atoms with Crippen LogP contribution in [0.4, 0.5) is 17.3 Å². The molecule has 2 saturated carbocycles. The summed E-state index contributed by atoms with van der Waals surface area (Å²) in [6.45, 7) is 1.58. The third kappa shape index (κ3) is 8.97. The molecule has 0 radical (unpaired) electrons. The van der Waals surface area contributed by atoms with Crippen LogP contribution in [0, 0.1) is 0 Å². The zero-order valence-corrected chi connectivity index (χ0v) is 14.0. The molecule has 0 aromatic heterocycles. The first-order valence-corrected chi connectivity index (χ1v) is 9.51. The maximum Gasteiger partial charge on any atom is 0.673 e. The van der Waals surface area contributed by atoms with Crippen molar-refractivity contribution >= 4 is 21.4 Å². The van der Waals surface area contributed by atoms with E-state index in [1.165, 1.54) is 64.2 Å². The number of carbonyl (C=O) groups excluding carboxylic acids is 1. The van der Waals surface area contributed by atoms with Crippen LogP contribution in [0.2, 0.25) is 0 Å². The van der Waals surface area contributed by atoms with Crippen molar-refractivity contribution in [2.24, 2.45) is 0 Å². The second kappa shape index (κ2) is 9.74. The van der Waals surface area contributed by atoms with Crippen molar-refractivity contribution in [3.63, 3.8) is 0 Å². The molecule has 0 heterocycles. The smallest absolute Gasteiger partial charge is 0.445 e. The lowest BCUT2D eigenvalue weighted by Gasteiger charge is -2.36. The molecule has 0 atom stereocenters. The maximum absolute atomic E-state index is 11.3. The Hall–Kier alpha value is -0.315. The van der Waals surface area contributed by atoms with Crippen molar-refractivity contribution in [3.05, 3.63) is 0 Å². The lowest BCUT2D eigenvalue weighted by molar-refractivity contribution is -0.131.